The van der Waals surface area contributed by atoms with Crippen LogP contribution in [0.15, 0.2) is 5.16 Å². The molecule has 88 valence electrons. The minimum atomic E-state index is -0.647. The minimum Gasteiger partial charge on any atom is -0.409 e. The van der Waals surface area contributed by atoms with Crippen LogP contribution in [0, 0.1) is 11.8 Å². The third kappa shape index (κ3) is 3.75. The molecular weight excluding hydrogens is 198 g/mol. The van der Waals surface area contributed by atoms with Crippen LogP contribution < -0.4 is 5.73 Å². The van der Waals surface area contributed by atoms with Gasteiger partial charge in [-0.15, -0.1) is 0 Å². The summed E-state index contributed by atoms with van der Waals surface area (Å²) in [6, 6.07) is 0. The summed E-state index contributed by atoms with van der Waals surface area (Å²) in [6.07, 6.45) is 0. The normalized spacial score (nSPS) is 14.1. The minimum absolute atomic E-state index is 0.0606. The van der Waals surface area contributed by atoms with Crippen molar-refractivity contribution in [3.05, 3.63) is 0 Å². The summed E-state index contributed by atoms with van der Waals surface area (Å²) in [5.74, 6) is -1.06. The molecule has 0 aliphatic carbocycles. The fourth-order valence-electron chi connectivity index (χ4n) is 1.31. The number of amides is 1. The molecule has 0 aliphatic rings. The number of nitrogens with two attached hydrogens (primary N) is 1. The van der Waals surface area contributed by atoms with Crippen molar-refractivity contribution in [1.29, 1.82) is 0 Å². The first-order valence-electron chi connectivity index (χ1n) is 4.79. The molecule has 0 fully saturated rings. The molecule has 0 radical (unpaired) electrons. The molecule has 0 aromatic carbocycles. The summed E-state index contributed by atoms with van der Waals surface area (Å²) in [5.41, 5.74) is 5.44. The van der Waals surface area contributed by atoms with Crippen molar-refractivity contribution in [2.75, 3.05) is 20.2 Å². The van der Waals surface area contributed by atoms with Gasteiger partial charge in [0.05, 0.1) is 6.61 Å². The highest BCUT2D eigenvalue weighted by atomic mass is 16.4. The number of hydrogen-bond donors (Lipinski definition) is 3. The Hall–Kier alpha value is -1.30. The number of aliphatic hydroxyl groups excluding tert-OH is 1. The van der Waals surface area contributed by atoms with E-state index in [2.05, 4.69) is 5.16 Å². The fraction of sp³-hybridized carbons (Fsp3) is 0.778. The van der Waals surface area contributed by atoms with Crippen LogP contribution >= 0.6 is 0 Å². The molecule has 4 N–H and O–H groups in total. The molecule has 0 bridgehead atoms. The highest BCUT2D eigenvalue weighted by molar-refractivity contribution is 6.02. The topological polar surface area (TPSA) is 99.2 Å². The molecule has 0 aliphatic heterocycles. The molecule has 0 spiro atoms. The lowest BCUT2D eigenvalue weighted by atomic mass is 9.93. The van der Waals surface area contributed by atoms with Crippen molar-refractivity contribution in [2.24, 2.45) is 22.7 Å². The molecule has 1 unspecified atom stereocenters. The van der Waals surface area contributed by atoms with E-state index in [1.54, 1.807) is 7.05 Å². The summed E-state index contributed by atoms with van der Waals surface area (Å²) < 4.78 is 0. The van der Waals surface area contributed by atoms with Crippen molar-refractivity contribution in [1.82, 2.24) is 4.90 Å². The zero-order chi connectivity index (χ0) is 12.0. The molecule has 0 heterocycles. The van der Waals surface area contributed by atoms with Gasteiger partial charge in [-0.1, -0.05) is 19.0 Å². The van der Waals surface area contributed by atoms with Crippen LogP contribution in [0.1, 0.15) is 13.8 Å². The van der Waals surface area contributed by atoms with E-state index in [9.17, 15) is 4.79 Å². The van der Waals surface area contributed by atoms with Crippen LogP contribution in [0.5, 0.6) is 0 Å². The quantitative estimate of drug-likeness (QED) is 0.249. The monoisotopic (exact) mass is 217 g/mol. The number of nitrogens with zero attached hydrogens (tertiary/aromatic N) is 2. The first-order valence-corrected chi connectivity index (χ1v) is 4.79. The molecule has 0 saturated carbocycles. The average molecular weight is 217 g/mol. The first-order chi connectivity index (χ1) is 6.95. The lowest BCUT2D eigenvalue weighted by Crippen LogP contribution is -2.43. The van der Waals surface area contributed by atoms with Crippen LogP contribution in [0.3, 0.4) is 0 Å². The average Bonchev–Trinajstić information content (AvgIpc) is 2.17. The van der Waals surface area contributed by atoms with Gasteiger partial charge in [0.2, 0.25) is 5.91 Å². The van der Waals surface area contributed by atoms with Crippen molar-refractivity contribution >= 4 is 11.7 Å². The molecule has 1 atom stereocenters. The van der Waals surface area contributed by atoms with E-state index in [0.29, 0.717) is 0 Å². The predicted octanol–water partition coefficient (Wildman–Crippen LogP) is -0.544. The molecule has 1 amide bonds. The Morgan fingerprint density at radius 1 is 1.53 bits per heavy atom. The fourth-order valence-corrected chi connectivity index (χ4v) is 1.31. The second-order valence-corrected chi connectivity index (χ2v) is 3.73. The lowest BCUT2D eigenvalue weighted by molar-refractivity contribution is -0.133. The Morgan fingerprint density at radius 3 is 2.40 bits per heavy atom. The number of oxime groups is 1. The summed E-state index contributed by atoms with van der Waals surface area (Å²) in [6.45, 7) is 3.75. The molecule has 15 heavy (non-hydrogen) atoms. The Kier molecular flexibility index (Phi) is 5.69. The second kappa shape index (κ2) is 6.23. The van der Waals surface area contributed by atoms with Gasteiger partial charge in [-0.05, 0) is 5.92 Å². The van der Waals surface area contributed by atoms with E-state index in [0.717, 1.165) is 0 Å². The number of likely N-dealkylation sites (N-methyl/N-ethyl adjacent to an activating group) is 1. The van der Waals surface area contributed by atoms with Crippen LogP contribution in [0.25, 0.3) is 0 Å². The van der Waals surface area contributed by atoms with Crippen molar-refractivity contribution in [3.8, 4) is 0 Å². The summed E-state index contributed by atoms with van der Waals surface area (Å²) >= 11 is 0. The zero-order valence-electron chi connectivity index (χ0n) is 9.34. The first kappa shape index (κ1) is 13.7. The van der Waals surface area contributed by atoms with Crippen LogP contribution in [0.2, 0.25) is 0 Å². The van der Waals surface area contributed by atoms with E-state index < -0.39 is 5.92 Å². The van der Waals surface area contributed by atoms with E-state index >= 15 is 0 Å². The van der Waals surface area contributed by atoms with Crippen molar-refractivity contribution < 1.29 is 15.1 Å². The third-order valence-corrected chi connectivity index (χ3v) is 2.18. The summed E-state index contributed by atoms with van der Waals surface area (Å²) in [4.78, 5) is 13.2. The van der Waals surface area contributed by atoms with Gasteiger partial charge in [0, 0.05) is 13.6 Å². The molecule has 0 aromatic rings. The van der Waals surface area contributed by atoms with Gasteiger partial charge in [0.25, 0.3) is 0 Å². The number of rotatable bonds is 5. The Labute approximate surface area is 89.4 Å². The van der Waals surface area contributed by atoms with Gasteiger partial charge in [-0.25, -0.2) is 0 Å². The van der Waals surface area contributed by atoms with Crippen LogP contribution in [-0.2, 0) is 4.79 Å². The van der Waals surface area contributed by atoms with Crippen molar-refractivity contribution in [3.63, 3.8) is 0 Å². The van der Waals surface area contributed by atoms with Crippen LogP contribution in [-0.4, -0.2) is 47.2 Å². The molecule has 6 nitrogen and oxygen atoms in total. The molecular formula is C9H19N3O3. The van der Waals surface area contributed by atoms with Gasteiger partial charge in [-0.2, -0.15) is 0 Å². The van der Waals surface area contributed by atoms with Crippen molar-refractivity contribution in [2.45, 2.75) is 13.8 Å². The zero-order valence-corrected chi connectivity index (χ0v) is 9.34. The standard InChI is InChI=1S/C9H19N3O3/c1-6(2)7(8(10)11-15)9(14)12(3)4-5-13/h6-7,13,15H,4-5H2,1-3H3,(H2,10,11). The van der Waals surface area contributed by atoms with E-state index in [1.165, 1.54) is 4.90 Å². The maximum Gasteiger partial charge on any atom is 0.233 e. The number of hydrogen-bond acceptors (Lipinski definition) is 4. The van der Waals surface area contributed by atoms with E-state index in [4.69, 9.17) is 16.0 Å². The summed E-state index contributed by atoms with van der Waals surface area (Å²) in [5, 5.41) is 20.1. The largest absolute Gasteiger partial charge is 0.409 e. The van der Waals surface area contributed by atoms with Gasteiger partial charge < -0.3 is 20.9 Å². The highest BCUT2D eigenvalue weighted by Gasteiger charge is 2.28. The maximum absolute atomic E-state index is 11.8. The van der Waals surface area contributed by atoms with E-state index in [1.807, 2.05) is 13.8 Å². The number of carbonyl (C=O) groups is 1. The van der Waals surface area contributed by atoms with E-state index in [-0.39, 0.29) is 30.8 Å². The predicted molar refractivity (Wildman–Crippen MR) is 56.5 cm³/mol. The Balaban J connectivity index is 4.71. The lowest BCUT2D eigenvalue weighted by Gasteiger charge is -2.24. The highest BCUT2D eigenvalue weighted by Crippen LogP contribution is 2.13. The smallest absolute Gasteiger partial charge is 0.233 e. The van der Waals surface area contributed by atoms with Gasteiger partial charge >= 0.3 is 0 Å². The Morgan fingerprint density at radius 2 is 2.07 bits per heavy atom. The Bertz CT molecular complexity index is 241. The molecule has 6 heteroatoms. The molecule has 0 aromatic heterocycles. The molecule has 0 saturated heterocycles. The van der Waals surface area contributed by atoms with Crippen LogP contribution in [0.4, 0.5) is 0 Å². The SMILES string of the molecule is CC(C)C(C(=O)N(C)CCO)C(N)=NO. The molecule has 0 rings (SSSR count). The van der Waals surface area contributed by atoms with Gasteiger partial charge in [-0.3, -0.25) is 4.79 Å². The third-order valence-electron chi connectivity index (χ3n) is 2.18. The maximum atomic E-state index is 11.8. The number of carbonyl (C=O) groups excluding carboxylic acids is 1. The number of amidine groups is 1. The number of aliphatic hydroxyl groups is 1. The second-order valence-electron chi connectivity index (χ2n) is 3.73. The summed E-state index contributed by atoms with van der Waals surface area (Å²) in [7, 11) is 1.57. The van der Waals surface area contributed by atoms with Gasteiger partial charge in [0.15, 0.2) is 5.84 Å². The van der Waals surface area contributed by atoms with Gasteiger partial charge in [0.1, 0.15) is 5.92 Å².